The van der Waals surface area contributed by atoms with E-state index in [2.05, 4.69) is 16.4 Å². The lowest BCUT2D eigenvalue weighted by Gasteiger charge is -2.12. The SMILES string of the molecule is O=C(NCCC1=CCCCC1)c1ncccc1O. The van der Waals surface area contributed by atoms with Crippen LogP contribution in [0.1, 0.15) is 42.6 Å². The fourth-order valence-electron chi connectivity index (χ4n) is 2.12. The lowest BCUT2D eigenvalue weighted by molar-refractivity contribution is 0.0946. The molecular formula is C14H18N2O2. The number of amides is 1. The minimum Gasteiger partial charge on any atom is -0.505 e. The number of hydrogen-bond acceptors (Lipinski definition) is 3. The summed E-state index contributed by atoms with van der Waals surface area (Å²) < 4.78 is 0. The van der Waals surface area contributed by atoms with Crippen LogP contribution < -0.4 is 5.32 Å². The number of aromatic nitrogens is 1. The second kappa shape index (κ2) is 6.19. The van der Waals surface area contributed by atoms with E-state index in [-0.39, 0.29) is 17.4 Å². The van der Waals surface area contributed by atoms with Gasteiger partial charge in [0.15, 0.2) is 5.69 Å². The number of nitrogens with one attached hydrogen (secondary N) is 1. The smallest absolute Gasteiger partial charge is 0.273 e. The zero-order valence-electron chi connectivity index (χ0n) is 10.4. The zero-order valence-corrected chi connectivity index (χ0v) is 10.4. The third-order valence-corrected chi connectivity index (χ3v) is 3.12. The van der Waals surface area contributed by atoms with Crippen molar-refractivity contribution in [3.63, 3.8) is 0 Å². The highest BCUT2D eigenvalue weighted by Gasteiger charge is 2.11. The number of carbonyl (C=O) groups is 1. The first-order chi connectivity index (χ1) is 8.77. The molecule has 4 nitrogen and oxygen atoms in total. The van der Waals surface area contributed by atoms with E-state index in [1.165, 1.54) is 30.7 Å². The van der Waals surface area contributed by atoms with Crippen molar-refractivity contribution in [2.24, 2.45) is 0 Å². The first-order valence-electron chi connectivity index (χ1n) is 6.37. The molecule has 0 atom stereocenters. The van der Waals surface area contributed by atoms with Gasteiger partial charge in [-0.3, -0.25) is 4.79 Å². The molecule has 0 bridgehead atoms. The molecule has 1 aromatic rings. The van der Waals surface area contributed by atoms with Gasteiger partial charge in [-0.05, 0) is 44.2 Å². The predicted octanol–water partition coefficient (Wildman–Crippen LogP) is 2.41. The molecule has 0 saturated carbocycles. The number of rotatable bonds is 4. The standard InChI is InChI=1S/C14H18N2O2/c17-12-7-4-9-15-13(12)14(18)16-10-8-11-5-2-1-3-6-11/h4-5,7,9,17H,1-3,6,8,10H2,(H,16,18). The van der Waals surface area contributed by atoms with Crippen molar-refractivity contribution in [3.8, 4) is 5.75 Å². The molecule has 96 valence electrons. The van der Waals surface area contributed by atoms with Crippen LogP contribution in [-0.2, 0) is 0 Å². The van der Waals surface area contributed by atoms with Gasteiger partial charge in [0.05, 0.1) is 0 Å². The van der Waals surface area contributed by atoms with E-state index >= 15 is 0 Å². The Bertz CT molecular complexity index is 455. The molecule has 18 heavy (non-hydrogen) atoms. The van der Waals surface area contributed by atoms with E-state index in [0.29, 0.717) is 6.54 Å². The lowest BCUT2D eigenvalue weighted by atomic mass is 9.97. The summed E-state index contributed by atoms with van der Waals surface area (Å²) in [6, 6.07) is 3.06. The van der Waals surface area contributed by atoms with E-state index in [9.17, 15) is 9.90 Å². The van der Waals surface area contributed by atoms with Crippen LogP contribution in [0.2, 0.25) is 0 Å². The van der Waals surface area contributed by atoms with E-state index < -0.39 is 0 Å². The van der Waals surface area contributed by atoms with Crippen LogP contribution in [0.5, 0.6) is 5.75 Å². The summed E-state index contributed by atoms with van der Waals surface area (Å²) in [5.74, 6) is -0.392. The van der Waals surface area contributed by atoms with Gasteiger partial charge in [0.1, 0.15) is 5.75 Å². The Balaban J connectivity index is 1.82. The summed E-state index contributed by atoms with van der Waals surface area (Å²) in [6.07, 6.45) is 9.49. The second-order valence-electron chi connectivity index (χ2n) is 4.49. The molecule has 0 saturated heterocycles. The molecule has 0 radical (unpaired) electrons. The van der Waals surface area contributed by atoms with Gasteiger partial charge in [0.25, 0.3) is 5.91 Å². The van der Waals surface area contributed by atoms with Gasteiger partial charge >= 0.3 is 0 Å². The quantitative estimate of drug-likeness (QED) is 0.802. The van der Waals surface area contributed by atoms with Crippen LogP contribution in [0, 0.1) is 0 Å². The Kier molecular flexibility index (Phi) is 4.34. The largest absolute Gasteiger partial charge is 0.505 e. The molecule has 4 heteroatoms. The number of carbonyl (C=O) groups excluding carboxylic acids is 1. The fourth-order valence-corrected chi connectivity index (χ4v) is 2.12. The molecule has 1 aromatic heterocycles. The maximum absolute atomic E-state index is 11.8. The van der Waals surface area contributed by atoms with Gasteiger partial charge in [-0.1, -0.05) is 11.6 Å². The van der Waals surface area contributed by atoms with Crippen LogP contribution in [0.4, 0.5) is 0 Å². The predicted molar refractivity (Wildman–Crippen MR) is 69.4 cm³/mol. The van der Waals surface area contributed by atoms with Gasteiger partial charge < -0.3 is 10.4 Å². The maximum Gasteiger partial charge on any atom is 0.273 e. The monoisotopic (exact) mass is 246 g/mol. The van der Waals surface area contributed by atoms with Gasteiger partial charge in [-0.2, -0.15) is 0 Å². The van der Waals surface area contributed by atoms with Crippen LogP contribution in [0.3, 0.4) is 0 Å². The molecule has 0 aliphatic heterocycles. The molecule has 0 fully saturated rings. The molecule has 1 heterocycles. The first kappa shape index (κ1) is 12.6. The van der Waals surface area contributed by atoms with Crippen molar-refractivity contribution in [3.05, 3.63) is 35.7 Å². The first-order valence-corrected chi connectivity index (χ1v) is 6.37. The van der Waals surface area contributed by atoms with Crippen molar-refractivity contribution in [2.75, 3.05) is 6.54 Å². The Hall–Kier alpha value is -1.84. The fraction of sp³-hybridized carbons (Fsp3) is 0.429. The summed E-state index contributed by atoms with van der Waals surface area (Å²) in [5.41, 5.74) is 1.52. The second-order valence-corrected chi connectivity index (χ2v) is 4.49. The van der Waals surface area contributed by atoms with E-state index in [0.717, 1.165) is 19.3 Å². The molecule has 0 aromatic carbocycles. The van der Waals surface area contributed by atoms with Crippen molar-refractivity contribution >= 4 is 5.91 Å². The Morgan fingerprint density at radius 3 is 3.06 bits per heavy atom. The molecular weight excluding hydrogens is 228 g/mol. The highest BCUT2D eigenvalue weighted by atomic mass is 16.3. The van der Waals surface area contributed by atoms with E-state index in [4.69, 9.17) is 0 Å². The lowest BCUT2D eigenvalue weighted by Crippen LogP contribution is -2.25. The Morgan fingerprint density at radius 2 is 2.33 bits per heavy atom. The third kappa shape index (κ3) is 3.32. The highest BCUT2D eigenvalue weighted by Crippen LogP contribution is 2.19. The minimum absolute atomic E-state index is 0.0770. The molecule has 2 N–H and O–H groups in total. The Morgan fingerprint density at radius 1 is 1.44 bits per heavy atom. The summed E-state index contributed by atoms with van der Waals surface area (Å²) in [4.78, 5) is 15.6. The van der Waals surface area contributed by atoms with Crippen LogP contribution in [-0.4, -0.2) is 22.5 Å². The number of pyridine rings is 1. The van der Waals surface area contributed by atoms with Crippen molar-refractivity contribution in [2.45, 2.75) is 32.1 Å². The van der Waals surface area contributed by atoms with Crippen molar-refractivity contribution in [1.82, 2.24) is 10.3 Å². The van der Waals surface area contributed by atoms with Gasteiger partial charge in [-0.25, -0.2) is 4.98 Å². The average molecular weight is 246 g/mol. The Labute approximate surface area is 107 Å². The molecule has 0 spiro atoms. The average Bonchev–Trinajstić information content (AvgIpc) is 2.40. The zero-order chi connectivity index (χ0) is 12.8. The van der Waals surface area contributed by atoms with Crippen LogP contribution >= 0.6 is 0 Å². The summed E-state index contributed by atoms with van der Waals surface area (Å²) in [7, 11) is 0. The molecule has 0 unspecified atom stereocenters. The van der Waals surface area contributed by atoms with Crippen LogP contribution in [0.25, 0.3) is 0 Å². The third-order valence-electron chi connectivity index (χ3n) is 3.12. The van der Waals surface area contributed by atoms with Gasteiger partial charge in [0.2, 0.25) is 0 Å². The number of hydrogen-bond donors (Lipinski definition) is 2. The van der Waals surface area contributed by atoms with Crippen LogP contribution in [0.15, 0.2) is 30.0 Å². The number of aromatic hydroxyl groups is 1. The summed E-state index contributed by atoms with van der Waals surface area (Å²) >= 11 is 0. The number of allylic oxidation sites excluding steroid dienone is 1. The van der Waals surface area contributed by atoms with Gasteiger partial charge in [-0.15, -0.1) is 0 Å². The molecule has 1 aliphatic rings. The van der Waals surface area contributed by atoms with E-state index in [1.54, 1.807) is 6.07 Å². The summed E-state index contributed by atoms with van der Waals surface area (Å²) in [5, 5.41) is 12.3. The molecule has 1 amide bonds. The molecule has 2 rings (SSSR count). The normalized spacial score (nSPS) is 15.0. The number of nitrogens with zero attached hydrogens (tertiary/aromatic N) is 1. The topological polar surface area (TPSA) is 62.2 Å². The summed E-state index contributed by atoms with van der Waals surface area (Å²) in [6.45, 7) is 0.598. The van der Waals surface area contributed by atoms with Gasteiger partial charge in [0, 0.05) is 12.7 Å². The maximum atomic E-state index is 11.8. The highest BCUT2D eigenvalue weighted by molar-refractivity contribution is 5.94. The minimum atomic E-state index is -0.315. The van der Waals surface area contributed by atoms with Crippen molar-refractivity contribution in [1.29, 1.82) is 0 Å². The van der Waals surface area contributed by atoms with Crippen molar-refractivity contribution < 1.29 is 9.90 Å². The van der Waals surface area contributed by atoms with E-state index in [1.807, 2.05) is 0 Å². The molecule has 1 aliphatic carbocycles.